The van der Waals surface area contributed by atoms with Crippen LogP contribution in [-0.4, -0.2) is 10.5 Å². The predicted molar refractivity (Wildman–Crippen MR) is 96.0 cm³/mol. The van der Waals surface area contributed by atoms with Gasteiger partial charge in [-0.2, -0.15) is 0 Å². The molecule has 0 spiro atoms. The van der Waals surface area contributed by atoms with Gasteiger partial charge in [-0.1, -0.05) is 41.9 Å². The van der Waals surface area contributed by atoms with Gasteiger partial charge in [0.05, 0.1) is 11.6 Å². The number of fused-ring (bicyclic) bond motifs is 2. The number of aromatic nitrogens is 1. The summed E-state index contributed by atoms with van der Waals surface area (Å²) in [6, 6.07) is 16.8. The van der Waals surface area contributed by atoms with E-state index in [1.807, 2.05) is 30.5 Å². The van der Waals surface area contributed by atoms with E-state index in [0.717, 1.165) is 17.0 Å². The number of nitrogens with zero attached hydrogens (tertiary/aromatic N) is 1. The Morgan fingerprint density at radius 2 is 1.96 bits per heavy atom. The second kappa shape index (κ2) is 5.33. The van der Waals surface area contributed by atoms with E-state index < -0.39 is 0 Å². The highest BCUT2D eigenvalue weighted by Gasteiger charge is 2.33. The lowest BCUT2D eigenvalue weighted by Gasteiger charge is -2.39. The third-order valence-electron chi connectivity index (χ3n) is 4.56. The van der Waals surface area contributed by atoms with E-state index in [2.05, 4.69) is 48.4 Å². The molecule has 3 heteroatoms. The van der Waals surface area contributed by atoms with Crippen molar-refractivity contribution >= 4 is 22.5 Å². The molecule has 0 fully saturated rings. The molecule has 0 bridgehead atoms. The van der Waals surface area contributed by atoms with Gasteiger partial charge in [-0.15, -0.1) is 0 Å². The largest absolute Gasteiger partial charge is 0.301 e. The third-order valence-corrected chi connectivity index (χ3v) is 4.92. The van der Waals surface area contributed by atoms with E-state index >= 15 is 0 Å². The molecule has 4 rings (SSSR count). The van der Waals surface area contributed by atoms with Crippen molar-refractivity contribution in [2.45, 2.75) is 31.8 Å². The minimum absolute atomic E-state index is 0.00565. The predicted octanol–water partition coefficient (Wildman–Crippen LogP) is 4.90. The molecule has 1 aliphatic heterocycles. The van der Waals surface area contributed by atoms with Crippen LogP contribution in [0.2, 0.25) is 5.02 Å². The number of hydrogen-bond acceptors (Lipinski definition) is 2. The lowest BCUT2D eigenvalue weighted by molar-refractivity contribution is 0.333. The van der Waals surface area contributed by atoms with Crippen molar-refractivity contribution in [2.75, 3.05) is 0 Å². The molecule has 2 aromatic carbocycles. The maximum absolute atomic E-state index is 6.47. The van der Waals surface area contributed by atoms with Gasteiger partial charge < -0.3 is 5.32 Å². The molecule has 1 N–H and O–H groups in total. The lowest BCUT2D eigenvalue weighted by Crippen LogP contribution is -2.47. The van der Waals surface area contributed by atoms with Crippen molar-refractivity contribution < 1.29 is 0 Å². The van der Waals surface area contributed by atoms with Gasteiger partial charge in [0.2, 0.25) is 0 Å². The zero-order chi connectivity index (χ0) is 16.0. The molecule has 0 saturated heterocycles. The van der Waals surface area contributed by atoms with Crippen molar-refractivity contribution in [3.8, 4) is 0 Å². The van der Waals surface area contributed by atoms with E-state index in [-0.39, 0.29) is 11.6 Å². The monoisotopic (exact) mass is 322 g/mol. The molecule has 0 amide bonds. The summed E-state index contributed by atoms with van der Waals surface area (Å²) >= 11 is 6.47. The summed E-state index contributed by atoms with van der Waals surface area (Å²) in [5, 5.41) is 5.78. The number of nitrogens with one attached hydrogen (secondary N) is 1. The lowest BCUT2D eigenvalue weighted by atomic mass is 9.81. The van der Waals surface area contributed by atoms with Crippen LogP contribution in [-0.2, 0) is 6.42 Å². The first kappa shape index (κ1) is 14.7. The SMILES string of the molecule is CC1(C)Cc2c(Cl)cccc2C(c2cnc3ccccc3c2)N1. The second-order valence-electron chi connectivity index (χ2n) is 6.91. The summed E-state index contributed by atoms with van der Waals surface area (Å²) in [5.74, 6) is 0. The van der Waals surface area contributed by atoms with Crippen LogP contribution < -0.4 is 5.32 Å². The van der Waals surface area contributed by atoms with E-state index in [0.29, 0.717) is 0 Å². The number of halogens is 1. The van der Waals surface area contributed by atoms with Gasteiger partial charge in [0, 0.05) is 22.1 Å². The molecular weight excluding hydrogens is 304 g/mol. The number of para-hydroxylation sites is 1. The second-order valence-corrected chi connectivity index (χ2v) is 7.31. The highest BCUT2D eigenvalue weighted by Crippen LogP contribution is 2.37. The summed E-state index contributed by atoms with van der Waals surface area (Å²) in [6.45, 7) is 4.45. The highest BCUT2D eigenvalue weighted by atomic mass is 35.5. The molecule has 1 atom stereocenters. The smallest absolute Gasteiger partial charge is 0.0702 e. The van der Waals surface area contributed by atoms with Crippen molar-refractivity contribution in [1.82, 2.24) is 10.3 Å². The molecule has 2 heterocycles. The number of pyridine rings is 1. The van der Waals surface area contributed by atoms with Gasteiger partial charge in [0.15, 0.2) is 0 Å². The summed E-state index contributed by atoms with van der Waals surface area (Å²) in [7, 11) is 0. The summed E-state index contributed by atoms with van der Waals surface area (Å²) in [4.78, 5) is 4.63. The zero-order valence-corrected chi connectivity index (χ0v) is 14.1. The molecule has 23 heavy (non-hydrogen) atoms. The first-order valence-electron chi connectivity index (χ1n) is 7.93. The van der Waals surface area contributed by atoms with Gasteiger partial charge in [0.25, 0.3) is 0 Å². The van der Waals surface area contributed by atoms with Gasteiger partial charge in [-0.05, 0) is 55.2 Å². The zero-order valence-electron chi connectivity index (χ0n) is 13.3. The average molecular weight is 323 g/mol. The van der Waals surface area contributed by atoms with Gasteiger partial charge in [-0.3, -0.25) is 4.98 Å². The van der Waals surface area contributed by atoms with Gasteiger partial charge in [0.1, 0.15) is 0 Å². The molecule has 0 saturated carbocycles. The maximum Gasteiger partial charge on any atom is 0.0702 e. The van der Waals surface area contributed by atoms with E-state index in [4.69, 9.17) is 11.6 Å². The van der Waals surface area contributed by atoms with E-state index in [1.54, 1.807) is 0 Å². The van der Waals surface area contributed by atoms with Crippen LogP contribution in [0.5, 0.6) is 0 Å². The van der Waals surface area contributed by atoms with Crippen molar-refractivity contribution in [3.63, 3.8) is 0 Å². The minimum Gasteiger partial charge on any atom is -0.301 e. The van der Waals surface area contributed by atoms with Crippen molar-refractivity contribution in [3.05, 3.63) is 76.4 Å². The van der Waals surface area contributed by atoms with Crippen LogP contribution >= 0.6 is 11.6 Å². The van der Waals surface area contributed by atoms with Crippen molar-refractivity contribution in [2.24, 2.45) is 0 Å². The molecular formula is C20H19ClN2. The Kier molecular flexibility index (Phi) is 3.40. The Bertz CT molecular complexity index is 886. The molecule has 116 valence electrons. The molecule has 2 nitrogen and oxygen atoms in total. The maximum atomic E-state index is 6.47. The highest BCUT2D eigenvalue weighted by molar-refractivity contribution is 6.31. The van der Waals surface area contributed by atoms with Crippen LogP contribution in [0, 0.1) is 0 Å². The topological polar surface area (TPSA) is 24.9 Å². The quantitative estimate of drug-likeness (QED) is 0.689. The molecule has 3 aromatic rings. The van der Waals surface area contributed by atoms with Crippen LogP contribution in [0.3, 0.4) is 0 Å². The Morgan fingerprint density at radius 3 is 2.83 bits per heavy atom. The molecule has 1 unspecified atom stereocenters. The normalized spacial score (nSPS) is 19.5. The van der Waals surface area contributed by atoms with Gasteiger partial charge >= 0.3 is 0 Å². The fourth-order valence-corrected chi connectivity index (χ4v) is 3.75. The first-order valence-corrected chi connectivity index (χ1v) is 8.31. The van der Waals surface area contributed by atoms with Crippen molar-refractivity contribution in [1.29, 1.82) is 0 Å². The standard InChI is InChI=1S/C20H19ClN2/c1-20(2)11-16-15(7-5-8-17(16)21)19(23-20)14-10-13-6-3-4-9-18(13)22-12-14/h3-10,12,19,23H,11H2,1-2H3. The first-order chi connectivity index (χ1) is 11.0. The number of benzene rings is 2. The summed E-state index contributed by atoms with van der Waals surface area (Å²) < 4.78 is 0. The third kappa shape index (κ3) is 2.62. The average Bonchev–Trinajstić information content (AvgIpc) is 2.54. The van der Waals surface area contributed by atoms with Gasteiger partial charge in [-0.25, -0.2) is 0 Å². The summed E-state index contributed by atoms with van der Waals surface area (Å²) in [6.07, 6.45) is 2.91. The molecule has 1 aliphatic rings. The molecule has 0 aliphatic carbocycles. The molecule has 0 radical (unpaired) electrons. The Hall–Kier alpha value is -1.90. The number of rotatable bonds is 1. The summed E-state index contributed by atoms with van der Waals surface area (Å²) in [5.41, 5.74) is 4.71. The van der Waals surface area contributed by atoms with E-state index in [9.17, 15) is 0 Å². The van der Waals surface area contributed by atoms with Crippen LogP contribution in [0.15, 0.2) is 54.7 Å². The van der Waals surface area contributed by atoms with E-state index in [1.165, 1.54) is 22.1 Å². The Labute approximate surface area is 141 Å². The molecule has 1 aromatic heterocycles. The van der Waals surface area contributed by atoms with Crippen LogP contribution in [0.1, 0.15) is 36.6 Å². The number of hydrogen-bond donors (Lipinski definition) is 1. The Morgan fingerprint density at radius 1 is 1.13 bits per heavy atom. The minimum atomic E-state index is -0.00565. The Balaban J connectivity index is 1.88. The fourth-order valence-electron chi connectivity index (χ4n) is 3.50. The van der Waals surface area contributed by atoms with Crippen LogP contribution in [0.4, 0.5) is 0 Å². The van der Waals surface area contributed by atoms with Crippen LogP contribution in [0.25, 0.3) is 10.9 Å². The fraction of sp³-hybridized carbons (Fsp3) is 0.250.